The van der Waals surface area contributed by atoms with Gasteiger partial charge in [0.2, 0.25) is 0 Å². The van der Waals surface area contributed by atoms with Gasteiger partial charge in [0, 0.05) is 49.1 Å². The molecule has 0 amide bonds. The van der Waals surface area contributed by atoms with E-state index >= 15 is 0 Å². The fourth-order valence-electron chi connectivity index (χ4n) is 14.5. The third-order valence-electron chi connectivity index (χ3n) is 18.6. The Kier molecular flexibility index (Phi) is 7.80. The van der Waals surface area contributed by atoms with Crippen LogP contribution < -0.4 is 20.7 Å². The highest BCUT2D eigenvalue weighted by atomic mass is 28.3. The third-order valence-corrected chi connectivity index (χ3v) is 38.8. The van der Waals surface area contributed by atoms with Crippen molar-refractivity contribution in [1.82, 2.24) is 13.7 Å². The lowest BCUT2D eigenvalue weighted by Gasteiger charge is -2.51. The zero-order chi connectivity index (χ0) is 44.6. The Balaban J connectivity index is 1.08. The van der Waals surface area contributed by atoms with Crippen molar-refractivity contribution in [2.45, 2.75) is 74.5 Å². The normalized spacial score (nSPS) is 24.2. The predicted molar refractivity (Wildman–Crippen MR) is 298 cm³/mol. The quantitative estimate of drug-likeness (QED) is 0.156. The molecule has 67 heavy (non-hydrogen) atoms. The predicted octanol–water partition coefficient (Wildman–Crippen LogP) is 13.8. The van der Waals surface area contributed by atoms with Crippen LogP contribution in [0.15, 0.2) is 164 Å². The maximum Gasteiger partial charge on any atom is 0.0831 e. The van der Waals surface area contributed by atoms with Crippen LogP contribution in [-0.2, 0) is 0 Å². The van der Waals surface area contributed by atoms with Gasteiger partial charge < -0.3 is 13.7 Å². The molecule has 0 N–H and O–H groups in total. The summed E-state index contributed by atoms with van der Waals surface area (Å²) in [6.07, 6.45) is 0. The summed E-state index contributed by atoms with van der Waals surface area (Å²) >= 11 is 0. The number of nitrogens with zero attached hydrogens (tertiary/aromatic N) is 3. The highest BCUT2D eigenvalue weighted by Crippen LogP contribution is 2.47. The number of fused-ring (bicyclic) bond motifs is 13. The second-order valence-corrected chi connectivity index (χ2v) is 41.0. The van der Waals surface area contributed by atoms with Crippen LogP contribution in [0.4, 0.5) is 0 Å². The lowest BCUT2D eigenvalue weighted by Crippen LogP contribution is -2.70. The molecule has 17 rings (SSSR count). The number of hydrogen-bond acceptors (Lipinski definition) is 0. The largest absolute Gasteiger partial charge is 0.309 e. The van der Waals surface area contributed by atoms with E-state index in [1.54, 1.807) is 20.7 Å². The molecule has 2 fully saturated rings. The van der Waals surface area contributed by atoms with Crippen LogP contribution in [0.2, 0.25) is 74.5 Å². The minimum Gasteiger partial charge on any atom is -0.309 e. The van der Waals surface area contributed by atoms with Crippen molar-refractivity contribution in [3.05, 3.63) is 164 Å². The van der Waals surface area contributed by atoms with Crippen LogP contribution in [0.25, 0.3) is 93.6 Å². The Morgan fingerprint density at radius 1 is 0.284 bits per heavy atom. The first-order valence-electron chi connectivity index (χ1n) is 25.0. The Hall–Kier alpha value is -5.97. The molecular weight excluding hydrogens is 875 g/mol. The molecule has 326 valence electrons. The molecule has 6 aliphatic rings. The average molecular weight is 930 g/mol. The van der Waals surface area contributed by atoms with E-state index in [0.717, 1.165) is 0 Å². The molecule has 0 atom stereocenters. The van der Waals surface area contributed by atoms with Crippen molar-refractivity contribution < 1.29 is 0 Å². The van der Waals surface area contributed by atoms with Gasteiger partial charge in [0.05, 0.1) is 76.8 Å². The van der Waals surface area contributed by atoms with E-state index in [4.69, 9.17) is 0 Å². The van der Waals surface area contributed by atoms with Crippen molar-refractivity contribution in [1.29, 1.82) is 0 Å². The number of aromatic nitrogens is 3. The van der Waals surface area contributed by atoms with Gasteiger partial charge in [-0.15, -0.1) is 0 Å². The molecule has 0 saturated carbocycles. The van der Waals surface area contributed by atoms with Crippen molar-refractivity contribution in [2.24, 2.45) is 0 Å². The van der Waals surface area contributed by atoms with E-state index < -0.39 is 32.3 Å². The van der Waals surface area contributed by atoms with Crippen LogP contribution in [0, 0.1) is 0 Å². The van der Waals surface area contributed by atoms with Crippen molar-refractivity contribution in [3.8, 4) is 28.2 Å². The first kappa shape index (κ1) is 39.1. The molecule has 4 bridgehead atoms. The lowest BCUT2D eigenvalue weighted by molar-refractivity contribution is 1.10. The maximum atomic E-state index is 2.84. The van der Waals surface area contributed by atoms with Crippen LogP contribution >= 0.6 is 0 Å². The zero-order valence-electron chi connectivity index (χ0n) is 39.1. The highest BCUT2D eigenvalue weighted by molar-refractivity contribution is 7.09. The summed E-state index contributed by atoms with van der Waals surface area (Å²) in [6.45, 7) is 11.0. The summed E-state index contributed by atoms with van der Waals surface area (Å²) in [6, 6.07) is 75.9. The van der Waals surface area contributed by atoms with Crippen molar-refractivity contribution >= 4 is 118 Å². The van der Waals surface area contributed by atoms with E-state index in [9.17, 15) is 0 Å². The van der Waals surface area contributed by atoms with Crippen LogP contribution in [0.1, 0.15) is 0 Å². The zero-order valence-corrected chi connectivity index (χ0v) is 43.1. The number of rotatable bonds is 4. The van der Waals surface area contributed by atoms with E-state index in [-0.39, 0.29) is 0 Å². The molecule has 8 aromatic carbocycles. The SMILES string of the molecule is C[Si]12CC[Si](C)(CC1)c1cc(-n3c4ccccc4c4ccccc43)c(-c3cc4c(cc3-n3c5ccccc5c5cc(-n6c7ccccc7c7ccccc76)ccc53)[Si]3(C)CC[Si]4(C)CC3)cc12. The molecule has 2 saturated heterocycles. The van der Waals surface area contributed by atoms with Gasteiger partial charge in [-0.05, 0) is 60.7 Å². The molecule has 7 heteroatoms. The third kappa shape index (κ3) is 5.15. The molecule has 0 aliphatic carbocycles. The fraction of sp³-hybridized carbons (Fsp3) is 0.200. The second kappa shape index (κ2) is 13.4. The lowest BCUT2D eigenvalue weighted by atomic mass is 10.00. The molecule has 0 unspecified atom stereocenters. The molecule has 3 nitrogen and oxygen atoms in total. The van der Waals surface area contributed by atoms with Crippen LogP contribution in [-0.4, -0.2) is 46.0 Å². The molecule has 6 aliphatic heterocycles. The van der Waals surface area contributed by atoms with Crippen molar-refractivity contribution in [3.63, 3.8) is 0 Å². The Morgan fingerprint density at radius 2 is 0.567 bits per heavy atom. The molecule has 0 spiro atoms. The molecule has 9 heterocycles. The van der Waals surface area contributed by atoms with E-state index in [2.05, 4.69) is 204 Å². The van der Waals surface area contributed by atoms with E-state index in [0.29, 0.717) is 0 Å². The summed E-state index contributed by atoms with van der Waals surface area (Å²) in [7, 11) is -6.68. The van der Waals surface area contributed by atoms with Crippen LogP contribution in [0.5, 0.6) is 0 Å². The number of para-hydroxylation sites is 5. The first-order chi connectivity index (χ1) is 32.6. The summed E-state index contributed by atoms with van der Waals surface area (Å²) < 4.78 is 7.90. The van der Waals surface area contributed by atoms with E-state index in [1.807, 2.05) is 0 Å². The smallest absolute Gasteiger partial charge is 0.0831 e. The van der Waals surface area contributed by atoms with E-state index in [1.165, 1.54) is 142 Å². The second-order valence-electron chi connectivity index (χ2n) is 22.4. The Morgan fingerprint density at radius 3 is 0.925 bits per heavy atom. The van der Waals surface area contributed by atoms with Gasteiger partial charge in [-0.2, -0.15) is 0 Å². The summed E-state index contributed by atoms with van der Waals surface area (Å²) in [5.41, 5.74) is 14.6. The minimum atomic E-state index is -1.68. The van der Waals surface area contributed by atoms with Gasteiger partial charge in [0.1, 0.15) is 0 Å². The van der Waals surface area contributed by atoms with Gasteiger partial charge in [-0.25, -0.2) is 0 Å². The minimum absolute atomic E-state index is 1.21. The molecular formula is C60H55N3Si4. The number of hydrogen-bond donors (Lipinski definition) is 0. The number of benzene rings is 8. The van der Waals surface area contributed by atoms with Crippen LogP contribution in [0.3, 0.4) is 0 Å². The Labute approximate surface area is 396 Å². The standard InChI is InChI=1S/C60H55N3Si4/c1-64-27-31-66(3,32-28-64)59-38-55(62-51-22-12-7-17-43(51)44-18-8-13-23-52(44)62)47(36-57(59)64)48-37-58-60(67(4)33-29-65(58,2)30-34-67)39-56(48)63-53-24-14-9-19-45(53)46-35-40(25-26-54(46)63)61-49-20-10-5-15-41(49)42-16-6-11-21-50(42)61/h5-26,35-39H,27-34H2,1-4H3. The van der Waals surface area contributed by atoms with Gasteiger partial charge >= 0.3 is 0 Å². The molecule has 3 aromatic heterocycles. The molecule has 11 aromatic rings. The van der Waals surface area contributed by atoms with Gasteiger partial charge in [-0.1, -0.05) is 198 Å². The van der Waals surface area contributed by atoms with Gasteiger partial charge in [-0.3, -0.25) is 0 Å². The molecule has 0 radical (unpaired) electrons. The average Bonchev–Trinajstić information content (AvgIpc) is 4.00. The topological polar surface area (TPSA) is 14.8 Å². The van der Waals surface area contributed by atoms with Gasteiger partial charge in [0.25, 0.3) is 0 Å². The van der Waals surface area contributed by atoms with Crippen molar-refractivity contribution in [2.75, 3.05) is 0 Å². The van der Waals surface area contributed by atoms with Gasteiger partial charge in [0.15, 0.2) is 0 Å². The summed E-state index contributed by atoms with van der Waals surface area (Å²) in [5.74, 6) is 0. The summed E-state index contributed by atoms with van der Waals surface area (Å²) in [5, 5.41) is 15.1. The Bertz CT molecular complexity index is 3860. The maximum absolute atomic E-state index is 2.84. The first-order valence-corrected chi connectivity index (χ1v) is 36.7. The fourth-order valence-corrected chi connectivity index (χ4v) is 43.8. The monoisotopic (exact) mass is 929 g/mol. The summed E-state index contributed by atoms with van der Waals surface area (Å²) in [4.78, 5) is 0. The highest BCUT2D eigenvalue weighted by Gasteiger charge is 2.52.